The van der Waals surface area contributed by atoms with Gasteiger partial charge in [0.2, 0.25) is 0 Å². The SMILES string of the molecule is O=Cc1ccc2nccc(I)c2c1. The highest BCUT2D eigenvalue weighted by molar-refractivity contribution is 14.1. The molecular formula is C10H6INO. The molecule has 1 aromatic carbocycles. The molecular weight excluding hydrogens is 277 g/mol. The summed E-state index contributed by atoms with van der Waals surface area (Å²) in [6.45, 7) is 0. The highest BCUT2D eigenvalue weighted by atomic mass is 127. The third-order valence-electron chi connectivity index (χ3n) is 1.85. The molecule has 0 bridgehead atoms. The zero-order valence-electron chi connectivity index (χ0n) is 6.70. The molecule has 2 nitrogen and oxygen atoms in total. The van der Waals surface area contributed by atoms with Crippen molar-refractivity contribution in [2.24, 2.45) is 0 Å². The Morgan fingerprint density at radius 1 is 1.31 bits per heavy atom. The van der Waals surface area contributed by atoms with Crippen LogP contribution in [0.2, 0.25) is 0 Å². The first-order valence-corrected chi connectivity index (χ1v) is 4.88. The molecule has 0 atom stereocenters. The molecule has 0 N–H and O–H groups in total. The smallest absolute Gasteiger partial charge is 0.150 e. The van der Waals surface area contributed by atoms with Gasteiger partial charge in [-0.3, -0.25) is 9.78 Å². The van der Waals surface area contributed by atoms with Gasteiger partial charge < -0.3 is 0 Å². The molecule has 0 amide bonds. The van der Waals surface area contributed by atoms with Gasteiger partial charge in [0.15, 0.2) is 0 Å². The molecule has 1 heterocycles. The van der Waals surface area contributed by atoms with E-state index in [2.05, 4.69) is 27.6 Å². The predicted molar refractivity (Wildman–Crippen MR) is 59.8 cm³/mol. The first kappa shape index (κ1) is 8.62. The van der Waals surface area contributed by atoms with Crippen LogP contribution in [-0.2, 0) is 0 Å². The lowest BCUT2D eigenvalue weighted by Gasteiger charge is -1.99. The summed E-state index contributed by atoms with van der Waals surface area (Å²) in [4.78, 5) is 14.7. The van der Waals surface area contributed by atoms with Gasteiger partial charge in [0.25, 0.3) is 0 Å². The van der Waals surface area contributed by atoms with E-state index >= 15 is 0 Å². The largest absolute Gasteiger partial charge is 0.298 e. The van der Waals surface area contributed by atoms with Crippen molar-refractivity contribution >= 4 is 39.8 Å². The Balaban J connectivity index is 2.81. The maximum atomic E-state index is 10.5. The Morgan fingerprint density at radius 2 is 2.15 bits per heavy atom. The number of benzene rings is 1. The average Bonchev–Trinajstić information content (AvgIpc) is 2.18. The van der Waals surface area contributed by atoms with E-state index in [9.17, 15) is 4.79 Å². The van der Waals surface area contributed by atoms with Gasteiger partial charge in [-0.25, -0.2) is 0 Å². The molecule has 2 aromatic rings. The van der Waals surface area contributed by atoms with Crippen LogP contribution in [0.3, 0.4) is 0 Å². The van der Waals surface area contributed by atoms with Gasteiger partial charge >= 0.3 is 0 Å². The summed E-state index contributed by atoms with van der Waals surface area (Å²) in [5, 5.41) is 1.03. The molecule has 64 valence electrons. The van der Waals surface area contributed by atoms with E-state index in [1.54, 1.807) is 12.3 Å². The summed E-state index contributed by atoms with van der Waals surface area (Å²) in [6.07, 6.45) is 2.62. The van der Waals surface area contributed by atoms with Crippen LogP contribution in [-0.4, -0.2) is 11.3 Å². The van der Waals surface area contributed by atoms with Crippen LogP contribution >= 0.6 is 22.6 Å². The minimum Gasteiger partial charge on any atom is -0.298 e. The Morgan fingerprint density at radius 3 is 2.92 bits per heavy atom. The standard InChI is InChI=1S/C10H6INO/c11-9-3-4-12-10-2-1-7(6-13)5-8(9)10/h1-6H. The van der Waals surface area contributed by atoms with Crippen LogP contribution in [0.25, 0.3) is 10.9 Å². The van der Waals surface area contributed by atoms with Gasteiger partial charge in [0.1, 0.15) is 6.29 Å². The predicted octanol–water partition coefficient (Wildman–Crippen LogP) is 2.65. The Hall–Kier alpha value is -0.970. The lowest BCUT2D eigenvalue weighted by molar-refractivity contribution is 0.112. The lowest BCUT2D eigenvalue weighted by Crippen LogP contribution is -1.85. The number of aromatic nitrogens is 1. The number of nitrogens with zero attached hydrogens (tertiary/aromatic N) is 1. The highest BCUT2D eigenvalue weighted by Gasteiger charge is 1.99. The van der Waals surface area contributed by atoms with Crippen LogP contribution in [0.4, 0.5) is 0 Å². The molecule has 0 spiro atoms. The number of carbonyl (C=O) groups excluding carboxylic acids is 1. The normalized spacial score (nSPS) is 10.2. The molecule has 0 aliphatic heterocycles. The average molecular weight is 283 g/mol. The van der Waals surface area contributed by atoms with Crippen LogP contribution in [0.1, 0.15) is 10.4 Å². The first-order chi connectivity index (χ1) is 6.31. The van der Waals surface area contributed by atoms with Crippen molar-refractivity contribution in [2.75, 3.05) is 0 Å². The number of carbonyl (C=O) groups is 1. The molecule has 3 heteroatoms. The fraction of sp³-hybridized carbons (Fsp3) is 0. The van der Waals surface area contributed by atoms with Crippen molar-refractivity contribution in [3.8, 4) is 0 Å². The molecule has 0 fully saturated rings. The van der Waals surface area contributed by atoms with Gasteiger partial charge in [-0.15, -0.1) is 0 Å². The minimum atomic E-state index is 0.693. The maximum Gasteiger partial charge on any atom is 0.150 e. The fourth-order valence-corrected chi connectivity index (χ4v) is 1.80. The van der Waals surface area contributed by atoms with Crippen LogP contribution < -0.4 is 0 Å². The number of fused-ring (bicyclic) bond motifs is 1. The molecule has 0 saturated carbocycles. The van der Waals surface area contributed by atoms with Crippen molar-refractivity contribution in [3.05, 3.63) is 39.6 Å². The van der Waals surface area contributed by atoms with E-state index in [-0.39, 0.29) is 0 Å². The fourth-order valence-electron chi connectivity index (χ4n) is 1.20. The van der Waals surface area contributed by atoms with Crippen molar-refractivity contribution in [1.29, 1.82) is 0 Å². The summed E-state index contributed by atoms with van der Waals surface area (Å²) >= 11 is 2.24. The summed E-state index contributed by atoms with van der Waals surface area (Å²) in [5.74, 6) is 0. The second kappa shape index (κ2) is 3.41. The second-order valence-corrected chi connectivity index (χ2v) is 3.85. The van der Waals surface area contributed by atoms with Gasteiger partial charge in [-0.1, -0.05) is 0 Å². The Kier molecular flexibility index (Phi) is 2.26. The number of hydrogen-bond acceptors (Lipinski definition) is 2. The van der Waals surface area contributed by atoms with Crippen LogP contribution in [0.15, 0.2) is 30.5 Å². The van der Waals surface area contributed by atoms with E-state index in [1.165, 1.54) is 0 Å². The van der Waals surface area contributed by atoms with Crippen molar-refractivity contribution in [3.63, 3.8) is 0 Å². The molecule has 13 heavy (non-hydrogen) atoms. The van der Waals surface area contributed by atoms with Crippen molar-refractivity contribution in [2.45, 2.75) is 0 Å². The third kappa shape index (κ3) is 1.56. The van der Waals surface area contributed by atoms with Gasteiger partial charge in [0, 0.05) is 20.7 Å². The molecule has 0 aliphatic rings. The highest BCUT2D eigenvalue weighted by Crippen LogP contribution is 2.18. The van der Waals surface area contributed by atoms with E-state index in [1.807, 2.05) is 18.2 Å². The van der Waals surface area contributed by atoms with Gasteiger partial charge in [-0.05, 0) is 46.9 Å². The summed E-state index contributed by atoms with van der Waals surface area (Å²) in [7, 11) is 0. The summed E-state index contributed by atoms with van der Waals surface area (Å²) in [6, 6.07) is 7.42. The second-order valence-electron chi connectivity index (χ2n) is 2.69. The van der Waals surface area contributed by atoms with Crippen LogP contribution in [0, 0.1) is 3.57 Å². The first-order valence-electron chi connectivity index (χ1n) is 3.81. The topological polar surface area (TPSA) is 30.0 Å². The third-order valence-corrected chi connectivity index (χ3v) is 2.79. The van der Waals surface area contributed by atoms with E-state index in [4.69, 9.17) is 0 Å². The molecule has 2 rings (SSSR count). The van der Waals surface area contributed by atoms with Gasteiger partial charge in [0.05, 0.1) is 5.52 Å². The lowest BCUT2D eigenvalue weighted by atomic mass is 10.1. The minimum absolute atomic E-state index is 0.693. The summed E-state index contributed by atoms with van der Waals surface area (Å²) < 4.78 is 1.12. The Labute approximate surface area is 89.1 Å². The molecule has 0 saturated heterocycles. The van der Waals surface area contributed by atoms with Crippen LogP contribution in [0.5, 0.6) is 0 Å². The number of rotatable bonds is 1. The van der Waals surface area contributed by atoms with E-state index in [0.29, 0.717) is 5.56 Å². The monoisotopic (exact) mass is 283 g/mol. The molecule has 1 aromatic heterocycles. The van der Waals surface area contributed by atoms with Gasteiger partial charge in [-0.2, -0.15) is 0 Å². The van der Waals surface area contributed by atoms with Crippen molar-refractivity contribution in [1.82, 2.24) is 4.98 Å². The zero-order valence-corrected chi connectivity index (χ0v) is 8.86. The number of aldehydes is 1. The zero-order chi connectivity index (χ0) is 9.26. The number of pyridine rings is 1. The van der Waals surface area contributed by atoms with E-state index in [0.717, 1.165) is 20.8 Å². The van der Waals surface area contributed by atoms with Crippen molar-refractivity contribution < 1.29 is 4.79 Å². The molecule has 0 unspecified atom stereocenters. The van der Waals surface area contributed by atoms with E-state index < -0.39 is 0 Å². The molecule has 0 aliphatic carbocycles. The Bertz CT molecular complexity index is 467. The number of hydrogen-bond donors (Lipinski definition) is 0. The summed E-state index contributed by atoms with van der Waals surface area (Å²) in [5.41, 5.74) is 1.62. The number of halogens is 1. The quantitative estimate of drug-likeness (QED) is 0.595. The maximum absolute atomic E-state index is 10.5. The molecule has 0 radical (unpaired) electrons.